The molecule has 1 aromatic carbocycles. The van der Waals surface area contributed by atoms with E-state index in [-0.39, 0.29) is 54.8 Å². The van der Waals surface area contributed by atoms with Crippen LogP contribution in [0.15, 0.2) is 36.4 Å². The van der Waals surface area contributed by atoms with Crippen molar-refractivity contribution in [2.75, 3.05) is 33.8 Å². The van der Waals surface area contributed by atoms with Crippen molar-refractivity contribution in [3.8, 4) is 0 Å². The highest BCUT2D eigenvalue weighted by Crippen LogP contribution is 2.39. The number of nitro groups is 1. The molecule has 0 radical (unpaired) electrons. The van der Waals surface area contributed by atoms with Crippen LogP contribution in [0.1, 0.15) is 85.0 Å². The first kappa shape index (κ1) is 44.7. The molecule has 4 rings (SSSR count). The van der Waals surface area contributed by atoms with Gasteiger partial charge in [-0.15, -0.1) is 0 Å². The number of ether oxygens (including phenoxy) is 5. The van der Waals surface area contributed by atoms with E-state index in [9.17, 15) is 35.0 Å². The molecule has 3 aliphatic rings. The maximum absolute atomic E-state index is 14.3. The Balaban J connectivity index is 1.84. The summed E-state index contributed by atoms with van der Waals surface area (Å²) in [5.74, 6) is -3.94. The van der Waals surface area contributed by atoms with E-state index >= 15 is 0 Å². The first-order valence-corrected chi connectivity index (χ1v) is 19.4. The number of fused-ring (bicyclic) bond motifs is 2. The number of aliphatic hydroxyl groups is 3. The van der Waals surface area contributed by atoms with Crippen LogP contribution in [0.5, 0.6) is 0 Å². The van der Waals surface area contributed by atoms with E-state index in [0.29, 0.717) is 19.5 Å². The number of non-ortho nitro benzene ring substituents is 1. The SMILES string of the molecule is C=C1CO[C@H]2[C@@H](C)N(C1)C[C@H](C)C[C@@](C)(O)[C@H](O[C@@H]1O[C@H](C)C[C@H](N(C)C)[C@H]1O)[C@@H](C)C(OC(=O)c1ccc([N+](=O)[O-])cc1)[C@@H](C)C(=O)O[C@H](CC)[C@@]2(C)O. The number of rotatable bonds is 7. The summed E-state index contributed by atoms with van der Waals surface area (Å²) < 4.78 is 31.3. The third kappa shape index (κ3) is 10.3. The zero-order valence-electron chi connectivity index (χ0n) is 34.0. The monoisotopic (exact) mass is 777 g/mol. The first-order valence-electron chi connectivity index (χ1n) is 19.4. The lowest BCUT2D eigenvalue weighted by atomic mass is 9.77. The van der Waals surface area contributed by atoms with Gasteiger partial charge in [0.1, 0.15) is 30.0 Å². The highest BCUT2D eigenvalue weighted by molar-refractivity contribution is 5.90. The van der Waals surface area contributed by atoms with Gasteiger partial charge < -0.3 is 43.9 Å². The van der Waals surface area contributed by atoms with Crippen molar-refractivity contribution < 1.29 is 53.5 Å². The Bertz CT molecular complexity index is 1500. The predicted molar refractivity (Wildman–Crippen MR) is 203 cm³/mol. The Morgan fingerprint density at radius 2 is 1.76 bits per heavy atom. The van der Waals surface area contributed by atoms with E-state index in [1.165, 1.54) is 31.2 Å². The van der Waals surface area contributed by atoms with Crippen molar-refractivity contribution in [3.05, 3.63) is 52.1 Å². The van der Waals surface area contributed by atoms with Crippen molar-refractivity contribution in [1.82, 2.24) is 9.80 Å². The van der Waals surface area contributed by atoms with Gasteiger partial charge in [0, 0.05) is 43.2 Å². The molecule has 2 bridgehead atoms. The van der Waals surface area contributed by atoms with Crippen LogP contribution in [0.4, 0.5) is 5.69 Å². The van der Waals surface area contributed by atoms with Gasteiger partial charge in [0.2, 0.25) is 0 Å². The molecular weight excluding hydrogens is 714 g/mol. The van der Waals surface area contributed by atoms with Crippen LogP contribution in [-0.4, -0.2) is 142 Å². The smallest absolute Gasteiger partial charge is 0.338 e. The van der Waals surface area contributed by atoms with Crippen molar-refractivity contribution in [1.29, 1.82) is 0 Å². The lowest BCUT2D eigenvalue weighted by molar-refractivity contribution is -0.384. The van der Waals surface area contributed by atoms with Crippen molar-refractivity contribution >= 4 is 17.6 Å². The molecule has 3 aliphatic heterocycles. The second-order valence-corrected chi connectivity index (χ2v) is 16.8. The van der Waals surface area contributed by atoms with Crippen LogP contribution in [0, 0.1) is 27.9 Å². The summed E-state index contributed by atoms with van der Waals surface area (Å²) in [6.45, 7) is 19.4. The molecule has 55 heavy (non-hydrogen) atoms. The molecule has 3 saturated heterocycles. The summed E-state index contributed by atoms with van der Waals surface area (Å²) in [5, 5.41) is 47.6. The van der Waals surface area contributed by atoms with Crippen LogP contribution in [0.2, 0.25) is 0 Å². The highest BCUT2D eigenvalue weighted by atomic mass is 16.7. The minimum Gasteiger partial charge on any atom is -0.459 e. The summed E-state index contributed by atoms with van der Waals surface area (Å²) in [5.41, 5.74) is -2.72. The average Bonchev–Trinajstić information content (AvgIpc) is 3.24. The lowest BCUT2D eigenvalue weighted by Gasteiger charge is -2.47. The molecule has 3 N–H and O–H groups in total. The summed E-state index contributed by atoms with van der Waals surface area (Å²) in [4.78, 5) is 42.8. The molecule has 0 spiro atoms. The number of cyclic esters (lactones) is 1. The number of nitro benzene ring substituents is 1. The van der Waals surface area contributed by atoms with E-state index < -0.39 is 76.7 Å². The molecule has 0 aromatic heterocycles. The van der Waals surface area contributed by atoms with Gasteiger partial charge in [-0.05, 0) is 91.6 Å². The van der Waals surface area contributed by atoms with Crippen molar-refractivity contribution in [2.24, 2.45) is 17.8 Å². The number of likely N-dealkylation sites (N-methyl/N-ethyl adjacent to an activating group) is 1. The third-order valence-corrected chi connectivity index (χ3v) is 11.7. The minimum absolute atomic E-state index is 0.000257. The van der Waals surface area contributed by atoms with Crippen LogP contribution in [0.25, 0.3) is 0 Å². The quantitative estimate of drug-likeness (QED) is 0.157. The Morgan fingerprint density at radius 3 is 2.35 bits per heavy atom. The zero-order chi connectivity index (χ0) is 41.2. The molecule has 15 nitrogen and oxygen atoms in total. The molecule has 3 heterocycles. The number of benzene rings is 1. The number of aliphatic hydroxyl groups excluding tert-OH is 1. The molecule has 3 fully saturated rings. The fourth-order valence-corrected chi connectivity index (χ4v) is 8.75. The fraction of sp³-hybridized carbons (Fsp3) is 0.750. The number of nitrogens with zero attached hydrogens (tertiary/aromatic N) is 3. The third-order valence-electron chi connectivity index (χ3n) is 11.7. The van der Waals surface area contributed by atoms with Crippen molar-refractivity contribution in [2.45, 2.75) is 141 Å². The molecule has 0 amide bonds. The van der Waals surface area contributed by atoms with Crippen molar-refractivity contribution in [3.63, 3.8) is 0 Å². The average molecular weight is 778 g/mol. The molecule has 1 aromatic rings. The van der Waals surface area contributed by atoms with Gasteiger partial charge in [-0.1, -0.05) is 27.4 Å². The van der Waals surface area contributed by atoms with E-state index in [2.05, 4.69) is 11.5 Å². The van der Waals surface area contributed by atoms with Crippen LogP contribution < -0.4 is 0 Å². The number of carbonyl (C=O) groups excluding carboxylic acids is 2. The molecular formula is C40H63N3O12. The van der Waals surface area contributed by atoms with Gasteiger partial charge in [0.25, 0.3) is 5.69 Å². The second-order valence-electron chi connectivity index (χ2n) is 16.8. The summed E-state index contributed by atoms with van der Waals surface area (Å²) in [6.07, 6.45) is -5.97. The Morgan fingerprint density at radius 1 is 1.13 bits per heavy atom. The summed E-state index contributed by atoms with van der Waals surface area (Å²) in [6, 6.07) is 4.20. The van der Waals surface area contributed by atoms with Crippen LogP contribution in [0.3, 0.4) is 0 Å². The second kappa shape index (κ2) is 18.1. The lowest BCUT2D eigenvalue weighted by Crippen LogP contribution is -2.59. The van der Waals surface area contributed by atoms with Gasteiger partial charge in [0.15, 0.2) is 6.29 Å². The van der Waals surface area contributed by atoms with Crippen LogP contribution in [-0.2, 0) is 28.5 Å². The highest BCUT2D eigenvalue weighted by Gasteiger charge is 2.52. The molecule has 2 unspecified atom stereocenters. The molecule has 0 saturated carbocycles. The fourth-order valence-electron chi connectivity index (χ4n) is 8.75. The zero-order valence-corrected chi connectivity index (χ0v) is 34.0. The topological polar surface area (TPSA) is 191 Å². The molecule has 15 atom stereocenters. The van der Waals surface area contributed by atoms with E-state index in [4.69, 9.17) is 23.7 Å². The first-order chi connectivity index (χ1) is 25.6. The Hall–Kier alpha value is -3.02. The summed E-state index contributed by atoms with van der Waals surface area (Å²) in [7, 11) is 3.70. The van der Waals surface area contributed by atoms with Gasteiger partial charge >= 0.3 is 11.9 Å². The largest absolute Gasteiger partial charge is 0.459 e. The normalized spacial score (nSPS) is 41.0. The Labute approximate surface area is 325 Å². The minimum atomic E-state index is -1.66. The number of carbonyl (C=O) groups is 2. The number of esters is 2. The van der Waals surface area contributed by atoms with Gasteiger partial charge in [-0.3, -0.25) is 19.8 Å². The number of hydrogen-bond acceptors (Lipinski definition) is 14. The van der Waals surface area contributed by atoms with Gasteiger partial charge in [0.05, 0.1) is 40.8 Å². The Kier molecular flexibility index (Phi) is 14.7. The van der Waals surface area contributed by atoms with Crippen LogP contribution >= 0.6 is 0 Å². The standard InChI is InChI=1S/C40H63N3O12/c1-12-31-40(9,48)35-27(7)42(20-23(3)21-51-35)19-22(2)18-39(8,47)34(55-38-32(44)30(41(10)11)17-24(4)52-38)25(5)33(26(6)36(45)53-31)54-37(46)28-13-15-29(16-14-28)43(49)50/h13-16,22,24-27,30-35,38,44,47-48H,3,12,17-21H2,1-2,4-11H3/t22-,24-,25+,26-,27-,30+,31-,32-,33?,34-,35+,38+,39-,40-/m1/s1. The predicted octanol–water partition coefficient (Wildman–Crippen LogP) is 3.71. The van der Waals surface area contributed by atoms with E-state index in [0.717, 1.165) is 5.57 Å². The van der Waals surface area contributed by atoms with Gasteiger partial charge in [-0.2, -0.15) is 0 Å². The molecule has 15 heteroatoms. The summed E-state index contributed by atoms with van der Waals surface area (Å²) >= 11 is 0. The maximum atomic E-state index is 14.3. The molecule has 310 valence electrons. The maximum Gasteiger partial charge on any atom is 0.338 e. The number of hydrogen-bond donors (Lipinski definition) is 3. The van der Waals surface area contributed by atoms with E-state index in [1.807, 2.05) is 39.8 Å². The molecule has 0 aliphatic carbocycles. The van der Waals surface area contributed by atoms with Gasteiger partial charge in [-0.25, -0.2) is 4.79 Å². The van der Waals surface area contributed by atoms with E-state index in [1.54, 1.807) is 27.7 Å².